The van der Waals surface area contributed by atoms with Crippen LogP contribution in [0.25, 0.3) is 0 Å². The van der Waals surface area contributed by atoms with Gasteiger partial charge in [-0.15, -0.1) is 0 Å². The summed E-state index contributed by atoms with van der Waals surface area (Å²) in [6.45, 7) is 2.35. The van der Waals surface area contributed by atoms with Gasteiger partial charge in [0.1, 0.15) is 6.54 Å². The maximum absolute atomic E-state index is 13.8. The zero-order chi connectivity index (χ0) is 23.3. The van der Waals surface area contributed by atoms with Gasteiger partial charge in [0, 0.05) is 18.7 Å². The molecule has 2 aromatic rings. The van der Waals surface area contributed by atoms with E-state index in [-0.39, 0.29) is 18.4 Å². The first-order valence-electron chi connectivity index (χ1n) is 11.8. The smallest absolute Gasteiger partial charge is 0.319 e. The van der Waals surface area contributed by atoms with Crippen LogP contribution in [0.15, 0.2) is 72.4 Å². The normalized spacial score (nSPS) is 20.4. The fourth-order valence-electron chi connectivity index (χ4n) is 4.75. The van der Waals surface area contributed by atoms with E-state index in [0.717, 1.165) is 48.3 Å². The molecule has 2 aliphatic rings. The van der Waals surface area contributed by atoms with Gasteiger partial charge in [-0.3, -0.25) is 14.5 Å². The summed E-state index contributed by atoms with van der Waals surface area (Å²) < 4.78 is 0. The standard InChI is InChI=1S/C27H31N3O3/c1-2-18-29(23-16-10-5-11-17-23)24(31)20-30-25(32)27(28-26(30)33,22-14-8-4-9-15-22)19-21-12-6-3-7-13-21/h3-4,6-9,12-16H,2,5,10-11,17-20H2,1H3,(H,28,33)/t27-/m1/s1. The van der Waals surface area contributed by atoms with E-state index in [2.05, 4.69) is 11.4 Å². The summed E-state index contributed by atoms with van der Waals surface area (Å²) in [5.74, 6) is -0.595. The Kier molecular flexibility index (Phi) is 6.92. The van der Waals surface area contributed by atoms with Gasteiger partial charge in [0.25, 0.3) is 5.91 Å². The fourth-order valence-corrected chi connectivity index (χ4v) is 4.75. The van der Waals surface area contributed by atoms with Crippen molar-refractivity contribution in [1.29, 1.82) is 0 Å². The summed E-state index contributed by atoms with van der Waals surface area (Å²) >= 11 is 0. The number of urea groups is 1. The van der Waals surface area contributed by atoms with Crippen molar-refractivity contribution in [2.24, 2.45) is 0 Å². The molecule has 6 nitrogen and oxygen atoms in total. The maximum Gasteiger partial charge on any atom is 0.325 e. The molecule has 4 amide bonds. The SMILES string of the molecule is CCCN(C(=O)CN1C(=O)N[C@](Cc2ccccc2)(c2ccccc2)C1=O)C1=CCCCC1. The van der Waals surface area contributed by atoms with Crippen molar-refractivity contribution in [3.8, 4) is 0 Å². The summed E-state index contributed by atoms with van der Waals surface area (Å²) in [6.07, 6.45) is 7.24. The third kappa shape index (κ3) is 4.70. The molecule has 4 rings (SSSR count). The molecule has 33 heavy (non-hydrogen) atoms. The average molecular weight is 446 g/mol. The van der Waals surface area contributed by atoms with Gasteiger partial charge in [-0.2, -0.15) is 0 Å². The minimum atomic E-state index is -1.24. The first kappa shape index (κ1) is 22.8. The minimum absolute atomic E-state index is 0.211. The number of allylic oxidation sites excluding steroid dienone is 2. The minimum Gasteiger partial charge on any atom is -0.319 e. The molecule has 1 atom stereocenters. The second-order valence-electron chi connectivity index (χ2n) is 8.74. The van der Waals surface area contributed by atoms with Crippen LogP contribution in [-0.2, 0) is 21.5 Å². The second-order valence-corrected chi connectivity index (χ2v) is 8.74. The quantitative estimate of drug-likeness (QED) is 0.614. The topological polar surface area (TPSA) is 69.7 Å². The summed E-state index contributed by atoms with van der Waals surface area (Å²) in [5.41, 5.74) is 1.42. The van der Waals surface area contributed by atoms with E-state index in [1.807, 2.05) is 67.6 Å². The van der Waals surface area contributed by atoms with Crippen molar-refractivity contribution in [2.45, 2.75) is 51.0 Å². The summed E-state index contributed by atoms with van der Waals surface area (Å²) in [6, 6.07) is 18.4. The predicted molar refractivity (Wildman–Crippen MR) is 127 cm³/mol. The molecule has 0 radical (unpaired) electrons. The number of hydrogen-bond donors (Lipinski definition) is 1. The van der Waals surface area contributed by atoms with Crippen molar-refractivity contribution in [3.63, 3.8) is 0 Å². The van der Waals surface area contributed by atoms with Crippen LogP contribution in [0.2, 0.25) is 0 Å². The Bertz CT molecular complexity index is 1040. The summed E-state index contributed by atoms with van der Waals surface area (Å²) in [4.78, 5) is 43.0. The van der Waals surface area contributed by atoms with E-state index < -0.39 is 11.6 Å². The lowest BCUT2D eigenvalue weighted by molar-refractivity contribution is -0.138. The highest BCUT2D eigenvalue weighted by atomic mass is 16.2. The molecule has 1 N–H and O–H groups in total. The first-order chi connectivity index (χ1) is 16.0. The van der Waals surface area contributed by atoms with Gasteiger partial charge in [0.2, 0.25) is 5.91 Å². The molecule has 0 spiro atoms. The number of amides is 4. The molecule has 172 valence electrons. The van der Waals surface area contributed by atoms with E-state index in [0.29, 0.717) is 18.5 Å². The number of nitrogens with zero attached hydrogens (tertiary/aromatic N) is 2. The van der Waals surface area contributed by atoms with Gasteiger partial charge in [-0.05, 0) is 43.2 Å². The number of hydrogen-bond acceptors (Lipinski definition) is 3. The molecule has 0 unspecified atom stereocenters. The number of rotatable bonds is 8. The number of imide groups is 1. The van der Waals surface area contributed by atoms with Crippen molar-refractivity contribution in [1.82, 2.24) is 15.1 Å². The lowest BCUT2D eigenvalue weighted by atomic mass is 9.83. The predicted octanol–water partition coefficient (Wildman–Crippen LogP) is 4.37. The Labute approximate surface area is 195 Å². The number of carbonyl (C=O) groups excluding carboxylic acids is 3. The van der Waals surface area contributed by atoms with Gasteiger partial charge in [0.15, 0.2) is 5.54 Å². The highest BCUT2D eigenvalue weighted by Crippen LogP contribution is 2.33. The third-order valence-corrected chi connectivity index (χ3v) is 6.41. The molecule has 0 bridgehead atoms. The third-order valence-electron chi connectivity index (χ3n) is 6.41. The molecule has 1 heterocycles. The van der Waals surface area contributed by atoms with Crippen LogP contribution in [0.4, 0.5) is 4.79 Å². The Morgan fingerprint density at radius 2 is 1.73 bits per heavy atom. The van der Waals surface area contributed by atoms with Crippen LogP contribution in [-0.4, -0.2) is 40.7 Å². The Hall–Kier alpha value is -3.41. The highest BCUT2D eigenvalue weighted by Gasteiger charge is 2.53. The number of benzene rings is 2. The van der Waals surface area contributed by atoms with Crippen molar-refractivity contribution >= 4 is 17.8 Å². The molecular formula is C27H31N3O3. The lowest BCUT2D eigenvalue weighted by Crippen LogP contribution is -2.47. The van der Waals surface area contributed by atoms with Crippen LogP contribution < -0.4 is 5.32 Å². The van der Waals surface area contributed by atoms with Crippen LogP contribution in [0.5, 0.6) is 0 Å². The van der Waals surface area contributed by atoms with Gasteiger partial charge in [-0.25, -0.2) is 4.79 Å². The molecule has 0 saturated carbocycles. The fraction of sp³-hybridized carbons (Fsp3) is 0.370. The number of carbonyl (C=O) groups is 3. The molecule has 1 saturated heterocycles. The Morgan fingerprint density at radius 1 is 1.03 bits per heavy atom. The second kappa shape index (κ2) is 10.0. The summed E-state index contributed by atoms with van der Waals surface area (Å²) in [7, 11) is 0. The lowest BCUT2D eigenvalue weighted by Gasteiger charge is -2.30. The largest absolute Gasteiger partial charge is 0.325 e. The van der Waals surface area contributed by atoms with Crippen molar-refractivity contribution < 1.29 is 14.4 Å². The number of nitrogens with one attached hydrogen (secondary N) is 1. The Balaban J connectivity index is 1.62. The van der Waals surface area contributed by atoms with Crippen molar-refractivity contribution in [3.05, 3.63) is 83.6 Å². The molecule has 1 aliphatic carbocycles. The van der Waals surface area contributed by atoms with Crippen LogP contribution in [0.3, 0.4) is 0 Å². The summed E-state index contributed by atoms with van der Waals surface area (Å²) in [5, 5.41) is 2.94. The monoisotopic (exact) mass is 445 g/mol. The van der Waals surface area contributed by atoms with E-state index in [4.69, 9.17) is 0 Å². The van der Waals surface area contributed by atoms with Gasteiger partial charge in [-0.1, -0.05) is 73.7 Å². The first-order valence-corrected chi connectivity index (χ1v) is 11.8. The zero-order valence-electron chi connectivity index (χ0n) is 19.1. The van der Waals surface area contributed by atoms with E-state index in [1.165, 1.54) is 0 Å². The van der Waals surface area contributed by atoms with Gasteiger partial charge in [0.05, 0.1) is 0 Å². The average Bonchev–Trinajstić information content (AvgIpc) is 3.09. The van der Waals surface area contributed by atoms with Crippen molar-refractivity contribution in [2.75, 3.05) is 13.1 Å². The van der Waals surface area contributed by atoms with Crippen LogP contribution in [0, 0.1) is 0 Å². The maximum atomic E-state index is 13.8. The molecule has 6 heteroatoms. The molecule has 0 aromatic heterocycles. The van der Waals surface area contributed by atoms with Crippen LogP contribution in [0.1, 0.15) is 50.2 Å². The van der Waals surface area contributed by atoms with Gasteiger partial charge >= 0.3 is 6.03 Å². The molecule has 1 aliphatic heterocycles. The molecule has 1 fully saturated rings. The van der Waals surface area contributed by atoms with E-state index in [1.54, 1.807) is 4.90 Å². The van der Waals surface area contributed by atoms with E-state index >= 15 is 0 Å². The zero-order valence-corrected chi connectivity index (χ0v) is 19.1. The molecular weight excluding hydrogens is 414 g/mol. The van der Waals surface area contributed by atoms with Gasteiger partial charge < -0.3 is 10.2 Å². The Morgan fingerprint density at radius 3 is 2.36 bits per heavy atom. The highest BCUT2D eigenvalue weighted by molar-refractivity contribution is 6.09. The van der Waals surface area contributed by atoms with E-state index in [9.17, 15) is 14.4 Å². The molecule has 2 aromatic carbocycles. The van der Waals surface area contributed by atoms with Crippen LogP contribution >= 0.6 is 0 Å².